The number of rotatable bonds is 3. The van der Waals surface area contributed by atoms with Crippen LogP contribution in [-0.2, 0) is 6.54 Å². The van der Waals surface area contributed by atoms with Crippen molar-refractivity contribution in [3.8, 4) is 0 Å². The Labute approximate surface area is 150 Å². The van der Waals surface area contributed by atoms with Gasteiger partial charge in [-0.3, -0.25) is 9.24 Å². The van der Waals surface area contributed by atoms with Gasteiger partial charge in [0.25, 0.3) is 0 Å². The van der Waals surface area contributed by atoms with Crippen molar-refractivity contribution in [3.05, 3.63) is 59.4 Å². The molecule has 0 bridgehead atoms. The molecule has 3 aromatic heterocycles. The molecule has 5 rings (SSSR count). The minimum Gasteiger partial charge on any atom is -0.273 e. The summed E-state index contributed by atoms with van der Waals surface area (Å²) in [5.41, 5.74) is 2.19. The number of aromatic nitrogens is 5. The molecule has 0 saturated heterocycles. The van der Waals surface area contributed by atoms with Crippen molar-refractivity contribution in [1.29, 1.82) is 0 Å². The lowest BCUT2D eigenvalue weighted by Gasteiger charge is -2.21. The summed E-state index contributed by atoms with van der Waals surface area (Å²) < 4.78 is 5.34. The highest BCUT2D eigenvalue weighted by Crippen LogP contribution is 2.25. The number of hydrogen-bond donors (Lipinski definition) is 0. The van der Waals surface area contributed by atoms with Crippen LogP contribution < -0.4 is 5.69 Å². The number of para-hydroxylation sites is 1. The summed E-state index contributed by atoms with van der Waals surface area (Å²) in [7, 11) is 0. The molecule has 6 nitrogen and oxygen atoms in total. The molecule has 0 unspecified atom stereocenters. The van der Waals surface area contributed by atoms with Gasteiger partial charge in [-0.15, -0.1) is 0 Å². The summed E-state index contributed by atoms with van der Waals surface area (Å²) in [6.07, 6.45) is 11.4. The molecule has 0 N–H and O–H groups in total. The van der Waals surface area contributed by atoms with Crippen LogP contribution in [0.15, 0.2) is 53.7 Å². The van der Waals surface area contributed by atoms with Crippen LogP contribution in [0.3, 0.4) is 0 Å². The highest BCUT2D eigenvalue weighted by molar-refractivity contribution is 5.80. The summed E-state index contributed by atoms with van der Waals surface area (Å²) in [5, 5.41) is 1.09. The molecule has 0 aliphatic heterocycles. The lowest BCUT2D eigenvalue weighted by Crippen LogP contribution is -2.30. The molecule has 132 valence electrons. The largest absolute Gasteiger partial charge is 0.351 e. The Morgan fingerprint density at radius 3 is 2.58 bits per heavy atom. The molecule has 1 aromatic carbocycles. The summed E-state index contributed by atoms with van der Waals surface area (Å²) in [5.74, 6) is 0.545. The van der Waals surface area contributed by atoms with Crippen molar-refractivity contribution in [2.75, 3.05) is 0 Å². The van der Waals surface area contributed by atoms with Crippen LogP contribution in [-0.4, -0.2) is 23.9 Å². The van der Waals surface area contributed by atoms with Gasteiger partial charge >= 0.3 is 5.69 Å². The molecule has 6 heteroatoms. The fourth-order valence-electron chi connectivity index (χ4n) is 4.19. The van der Waals surface area contributed by atoms with Gasteiger partial charge in [0.2, 0.25) is 5.65 Å². The predicted molar refractivity (Wildman–Crippen MR) is 101 cm³/mol. The molecular weight excluding hydrogens is 326 g/mol. The maximum atomic E-state index is 13.3. The molecule has 1 aliphatic carbocycles. The zero-order valence-corrected chi connectivity index (χ0v) is 14.6. The van der Waals surface area contributed by atoms with E-state index in [9.17, 15) is 4.79 Å². The van der Waals surface area contributed by atoms with Crippen LogP contribution in [0.4, 0.5) is 0 Å². The number of hydrogen-bond acceptors (Lipinski definition) is 3. The van der Waals surface area contributed by atoms with E-state index < -0.39 is 0 Å². The maximum absolute atomic E-state index is 13.3. The Morgan fingerprint density at radius 1 is 0.962 bits per heavy atom. The van der Waals surface area contributed by atoms with E-state index in [4.69, 9.17) is 0 Å². The van der Waals surface area contributed by atoms with Gasteiger partial charge in [0, 0.05) is 30.5 Å². The molecule has 0 atom stereocenters. The molecule has 0 radical (unpaired) electrons. The van der Waals surface area contributed by atoms with Gasteiger partial charge in [-0.2, -0.15) is 4.68 Å². The highest BCUT2D eigenvalue weighted by atomic mass is 16.2. The molecule has 26 heavy (non-hydrogen) atoms. The highest BCUT2D eigenvalue weighted by Gasteiger charge is 2.21. The van der Waals surface area contributed by atoms with E-state index in [1.165, 1.54) is 32.1 Å². The fourth-order valence-corrected chi connectivity index (χ4v) is 4.19. The van der Waals surface area contributed by atoms with E-state index in [2.05, 4.69) is 9.97 Å². The van der Waals surface area contributed by atoms with Gasteiger partial charge in [-0.25, -0.2) is 14.8 Å². The van der Waals surface area contributed by atoms with Gasteiger partial charge in [-0.05, 0) is 30.9 Å². The maximum Gasteiger partial charge on any atom is 0.351 e. The summed E-state index contributed by atoms with van der Waals surface area (Å²) in [4.78, 5) is 22.3. The van der Waals surface area contributed by atoms with Gasteiger partial charge in [-0.1, -0.05) is 37.5 Å². The average molecular weight is 347 g/mol. The molecule has 1 saturated carbocycles. The van der Waals surface area contributed by atoms with Gasteiger partial charge in [0.15, 0.2) is 5.65 Å². The third-order valence-electron chi connectivity index (χ3n) is 5.49. The Hall–Kier alpha value is -2.89. The Balaban J connectivity index is 1.71. The predicted octanol–water partition coefficient (Wildman–Crippen LogP) is 3.44. The lowest BCUT2D eigenvalue weighted by atomic mass is 9.89. The van der Waals surface area contributed by atoms with Gasteiger partial charge in [0.1, 0.15) is 0 Å². The normalized spacial score (nSPS) is 15.8. The first-order chi connectivity index (χ1) is 12.8. The zero-order chi connectivity index (χ0) is 17.5. The van der Waals surface area contributed by atoms with Crippen LogP contribution in [0.25, 0.3) is 22.2 Å². The number of fused-ring (bicyclic) bond motifs is 2. The third kappa shape index (κ3) is 2.36. The first-order valence-corrected chi connectivity index (χ1v) is 9.32. The molecule has 1 aliphatic rings. The van der Waals surface area contributed by atoms with Crippen molar-refractivity contribution in [2.24, 2.45) is 5.92 Å². The SMILES string of the molecule is O=c1n(CC2CCCCC2)c2nccnc2n1-n1ccc2ccccc21. The van der Waals surface area contributed by atoms with E-state index >= 15 is 0 Å². The molecule has 0 spiro atoms. The Kier molecular flexibility index (Phi) is 3.62. The number of nitrogens with zero attached hydrogens (tertiary/aromatic N) is 5. The average Bonchev–Trinajstić information content (AvgIpc) is 3.22. The zero-order valence-electron chi connectivity index (χ0n) is 14.6. The molecule has 3 heterocycles. The van der Waals surface area contributed by atoms with E-state index in [0.29, 0.717) is 17.2 Å². The van der Waals surface area contributed by atoms with Crippen LogP contribution >= 0.6 is 0 Å². The standard InChI is InChI=1S/C20H21N5O/c26-20-23(14-15-6-2-1-3-7-15)18-19(22-12-11-21-18)25(20)24-13-10-16-8-4-5-9-17(16)24/h4-5,8-13,15H,1-3,6-7,14H2. The molecule has 1 fully saturated rings. The molecule has 0 amide bonds. The minimum absolute atomic E-state index is 0.0712. The quantitative estimate of drug-likeness (QED) is 0.570. The van der Waals surface area contributed by atoms with Crippen LogP contribution in [0.2, 0.25) is 0 Å². The van der Waals surface area contributed by atoms with Crippen LogP contribution in [0.5, 0.6) is 0 Å². The second kappa shape index (κ2) is 6.12. The summed E-state index contributed by atoms with van der Waals surface area (Å²) in [6, 6.07) is 10.1. The van der Waals surface area contributed by atoms with Crippen molar-refractivity contribution >= 4 is 22.2 Å². The molecular formula is C20H21N5O. The van der Waals surface area contributed by atoms with Crippen LogP contribution in [0, 0.1) is 5.92 Å². The first kappa shape index (κ1) is 15.4. The topological polar surface area (TPSA) is 57.6 Å². The lowest BCUT2D eigenvalue weighted by molar-refractivity contribution is 0.317. The van der Waals surface area contributed by atoms with Crippen molar-refractivity contribution in [2.45, 2.75) is 38.6 Å². The van der Waals surface area contributed by atoms with Crippen molar-refractivity contribution in [1.82, 2.24) is 23.9 Å². The van der Waals surface area contributed by atoms with E-state index in [1.807, 2.05) is 45.8 Å². The minimum atomic E-state index is -0.0712. The monoisotopic (exact) mass is 347 g/mol. The Bertz CT molecular complexity index is 1130. The van der Waals surface area contributed by atoms with Crippen molar-refractivity contribution in [3.63, 3.8) is 0 Å². The van der Waals surface area contributed by atoms with E-state index in [1.54, 1.807) is 17.1 Å². The van der Waals surface area contributed by atoms with Crippen LogP contribution in [0.1, 0.15) is 32.1 Å². The number of benzene rings is 1. The molecule has 4 aromatic rings. The second-order valence-corrected chi connectivity index (χ2v) is 7.13. The van der Waals surface area contributed by atoms with Crippen molar-refractivity contribution < 1.29 is 0 Å². The van der Waals surface area contributed by atoms with E-state index in [-0.39, 0.29) is 5.69 Å². The fraction of sp³-hybridized carbons (Fsp3) is 0.350. The van der Waals surface area contributed by atoms with Gasteiger partial charge < -0.3 is 0 Å². The number of imidazole rings is 1. The third-order valence-corrected chi connectivity index (χ3v) is 5.49. The smallest absolute Gasteiger partial charge is 0.273 e. The van der Waals surface area contributed by atoms with Gasteiger partial charge in [0.05, 0.1) is 5.52 Å². The summed E-state index contributed by atoms with van der Waals surface area (Å²) in [6.45, 7) is 0.722. The van der Waals surface area contributed by atoms with E-state index in [0.717, 1.165) is 17.4 Å². The summed E-state index contributed by atoms with van der Waals surface area (Å²) >= 11 is 0. The second-order valence-electron chi connectivity index (χ2n) is 7.13. The Morgan fingerprint density at radius 2 is 1.73 bits per heavy atom. The first-order valence-electron chi connectivity index (χ1n) is 9.32.